The average molecular weight is 384 g/mol. The highest BCUT2D eigenvalue weighted by Gasteiger charge is 2.32. The van der Waals surface area contributed by atoms with Gasteiger partial charge in [0, 0.05) is 11.3 Å². The van der Waals surface area contributed by atoms with E-state index in [1.54, 1.807) is 23.1 Å². The molecule has 0 saturated carbocycles. The van der Waals surface area contributed by atoms with Crippen LogP contribution in [-0.4, -0.2) is 45.4 Å². The molecule has 1 heterocycles. The molecule has 148 valence electrons. The molecule has 0 bridgehead atoms. The summed E-state index contributed by atoms with van der Waals surface area (Å²) in [6.45, 7) is 4.58. The molecule has 1 fully saturated rings. The summed E-state index contributed by atoms with van der Waals surface area (Å²) in [7, 11) is 3.05. The molecule has 0 aliphatic carbocycles. The standard InChI is InChI=1S/C21H24N2O5/c1-13-7-14(2)9-16(8-13)23-12-17(28-21(23)25)11-22-20(24)15-5-6-18(26-3)19(10-15)27-4/h5-10,17H,11-12H2,1-4H3,(H,22,24). The second-order valence-corrected chi connectivity index (χ2v) is 6.74. The Morgan fingerprint density at radius 1 is 1.11 bits per heavy atom. The Morgan fingerprint density at radius 3 is 2.43 bits per heavy atom. The minimum Gasteiger partial charge on any atom is -0.493 e. The van der Waals surface area contributed by atoms with Gasteiger partial charge in [-0.15, -0.1) is 0 Å². The molecule has 1 aliphatic heterocycles. The first-order valence-electron chi connectivity index (χ1n) is 8.98. The number of anilines is 1. The second-order valence-electron chi connectivity index (χ2n) is 6.74. The molecular weight excluding hydrogens is 360 g/mol. The molecule has 1 saturated heterocycles. The number of nitrogens with one attached hydrogen (secondary N) is 1. The number of benzene rings is 2. The molecule has 0 aromatic heterocycles. The van der Waals surface area contributed by atoms with E-state index in [0.717, 1.165) is 16.8 Å². The van der Waals surface area contributed by atoms with E-state index in [1.165, 1.54) is 14.2 Å². The lowest BCUT2D eigenvalue weighted by molar-refractivity contribution is 0.0915. The maximum atomic E-state index is 12.4. The van der Waals surface area contributed by atoms with Gasteiger partial charge >= 0.3 is 6.09 Å². The summed E-state index contributed by atoms with van der Waals surface area (Å²) in [6, 6.07) is 10.9. The monoisotopic (exact) mass is 384 g/mol. The molecule has 28 heavy (non-hydrogen) atoms. The number of hydrogen-bond donors (Lipinski definition) is 1. The number of ether oxygens (including phenoxy) is 3. The lowest BCUT2D eigenvalue weighted by Gasteiger charge is -2.15. The highest BCUT2D eigenvalue weighted by molar-refractivity contribution is 5.95. The summed E-state index contributed by atoms with van der Waals surface area (Å²) < 4.78 is 15.8. The van der Waals surface area contributed by atoms with E-state index < -0.39 is 12.2 Å². The fraction of sp³-hybridized carbons (Fsp3) is 0.333. The van der Waals surface area contributed by atoms with Crippen LogP contribution in [0.2, 0.25) is 0 Å². The summed E-state index contributed by atoms with van der Waals surface area (Å²) in [5.74, 6) is 0.748. The quantitative estimate of drug-likeness (QED) is 0.828. The van der Waals surface area contributed by atoms with E-state index in [2.05, 4.69) is 5.32 Å². The first-order chi connectivity index (χ1) is 13.4. The predicted molar refractivity (Wildman–Crippen MR) is 105 cm³/mol. The SMILES string of the molecule is COc1ccc(C(=O)NCC2CN(c3cc(C)cc(C)c3)C(=O)O2)cc1OC. The molecule has 7 nitrogen and oxygen atoms in total. The number of carbonyl (C=O) groups excluding carboxylic acids is 2. The Hall–Kier alpha value is -3.22. The number of carbonyl (C=O) groups is 2. The van der Waals surface area contributed by atoms with E-state index in [0.29, 0.717) is 23.6 Å². The summed E-state index contributed by atoms with van der Waals surface area (Å²) in [4.78, 5) is 26.3. The fourth-order valence-electron chi connectivity index (χ4n) is 3.23. The van der Waals surface area contributed by atoms with Crippen molar-refractivity contribution in [1.82, 2.24) is 5.32 Å². The maximum Gasteiger partial charge on any atom is 0.414 e. The Kier molecular flexibility index (Phi) is 5.73. The van der Waals surface area contributed by atoms with Gasteiger partial charge in [0.25, 0.3) is 5.91 Å². The summed E-state index contributed by atoms with van der Waals surface area (Å²) in [5, 5.41) is 2.81. The molecule has 3 rings (SSSR count). The van der Waals surface area contributed by atoms with E-state index >= 15 is 0 Å². The number of cyclic esters (lactones) is 1. The number of hydrogen-bond acceptors (Lipinski definition) is 5. The highest BCUT2D eigenvalue weighted by atomic mass is 16.6. The van der Waals surface area contributed by atoms with Crippen molar-refractivity contribution in [2.24, 2.45) is 0 Å². The number of nitrogens with zero attached hydrogens (tertiary/aromatic N) is 1. The first-order valence-corrected chi connectivity index (χ1v) is 8.98. The zero-order valence-electron chi connectivity index (χ0n) is 16.4. The van der Waals surface area contributed by atoms with Crippen molar-refractivity contribution in [1.29, 1.82) is 0 Å². The van der Waals surface area contributed by atoms with Crippen molar-refractivity contribution in [2.45, 2.75) is 20.0 Å². The fourth-order valence-corrected chi connectivity index (χ4v) is 3.23. The van der Waals surface area contributed by atoms with Crippen LogP contribution >= 0.6 is 0 Å². The number of amides is 2. The van der Waals surface area contributed by atoms with Gasteiger partial charge in [-0.3, -0.25) is 9.69 Å². The van der Waals surface area contributed by atoms with Gasteiger partial charge in [-0.1, -0.05) is 6.07 Å². The zero-order valence-corrected chi connectivity index (χ0v) is 16.4. The lowest BCUT2D eigenvalue weighted by Crippen LogP contribution is -2.34. The van der Waals surface area contributed by atoms with Gasteiger partial charge in [-0.05, 0) is 55.3 Å². The smallest absolute Gasteiger partial charge is 0.414 e. The van der Waals surface area contributed by atoms with Crippen molar-refractivity contribution < 1.29 is 23.8 Å². The van der Waals surface area contributed by atoms with Crippen molar-refractivity contribution >= 4 is 17.7 Å². The molecular formula is C21H24N2O5. The van der Waals surface area contributed by atoms with Crippen LogP contribution in [0, 0.1) is 13.8 Å². The molecule has 0 spiro atoms. The van der Waals surface area contributed by atoms with Crippen LogP contribution in [0.15, 0.2) is 36.4 Å². The first kappa shape index (κ1) is 19.5. The third kappa shape index (κ3) is 4.19. The molecule has 1 N–H and O–H groups in total. The minimum atomic E-state index is -0.419. The Labute approximate surface area is 164 Å². The van der Waals surface area contributed by atoms with E-state index in [1.807, 2.05) is 32.0 Å². The van der Waals surface area contributed by atoms with Crippen molar-refractivity contribution in [3.05, 3.63) is 53.1 Å². The van der Waals surface area contributed by atoms with Gasteiger partial charge in [0.2, 0.25) is 0 Å². The molecule has 2 aromatic rings. The molecule has 1 atom stereocenters. The Morgan fingerprint density at radius 2 is 1.79 bits per heavy atom. The molecule has 1 aliphatic rings. The minimum absolute atomic E-state index is 0.222. The summed E-state index contributed by atoms with van der Waals surface area (Å²) >= 11 is 0. The zero-order chi connectivity index (χ0) is 20.3. The van der Waals surface area contributed by atoms with Gasteiger partial charge in [0.15, 0.2) is 11.5 Å². The number of aryl methyl sites for hydroxylation is 2. The molecule has 0 radical (unpaired) electrons. The topological polar surface area (TPSA) is 77.1 Å². The van der Waals surface area contributed by atoms with E-state index in [4.69, 9.17) is 14.2 Å². The second kappa shape index (κ2) is 8.21. The Bertz CT molecular complexity index is 876. The lowest BCUT2D eigenvalue weighted by atomic mass is 10.1. The third-order valence-electron chi connectivity index (χ3n) is 4.53. The van der Waals surface area contributed by atoms with Crippen LogP contribution in [0.5, 0.6) is 11.5 Å². The van der Waals surface area contributed by atoms with Gasteiger partial charge in [0.05, 0.1) is 27.3 Å². The average Bonchev–Trinajstić information content (AvgIpc) is 3.05. The van der Waals surface area contributed by atoms with Crippen molar-refractivity contribution in [3.63, 3.8) is 0 Å². The van der Waals surface area contributed by atoms with E-state index in [9.17, 15) is 9.59 Å². The van der Waals surface area contributed by atoms with Crippen molar-refractivity contribution in [2.75, 3.05) is 32.2 Å². The van der Waals surface area contributed by atoms with Gasteiger partial charge < -0.3 is 19.5 Å². The van der Waals surface area contributed by atoms with Crippen LogP contribution < -0.4 is 19.7 Å². The number of methoxy groups -OCH3 is 2. The maximum absolute atomic E-state index is 12.4. The normalized spacial score (nSPS) is 15.9. The van der Waals surface area contributed by atoms with E-state index in [-0.39, 0.29) is 12.5 Å². The van der Waals surface area contributed by atoms with Gasteiger partial charge in [0.1, 0.15) is 6.10 Å². The highest BCUT2D eigenvalue weighted by Crippen LogP contribution is 2.27. The third-order valence-corrected chi connectivity index (χ3v) is 4.53. The van der Waals surface area contributed by atoms with Crippen LogP contribution in [0.25, 0.3) is 0 Å². The van der Waals surface area contributed by atoms with Crippen LogP contribution in [-0.2, 0) is 4.74 Å². The predicted octanol–water partition coefficient (Wildman–Crippen LogP) is 3.08. The largest absolute Gasteiger partial charge is 0.493 e. The molecule has 2 amide bonds. The molecule has 1 unspecified atom stereocenters. The summed E-state index contributed by atoms with van der Waals surface area (Å²) in [5.41, 5.74) is 3.39. The van der Waals surface area contributed by atoms with Crippen LogP contribution in [0.1, 0.15) is 21.5 Å². The van der Waals surface area contributed by atoms with Gasteiger partial charge in [-0.2, -0.15) is 0 Å². The summed E-state index contributed by atoms with van der Waals surface area (Å²) in [6.07, 6.45) is -0.826. The molecule has 7 heteroatoms. The number of rotatable bonds is 6. The Balaban J connectivity index is 1.62. The van der Waals surface area contributed by atoms with Crippen LogP contribution in [0.4, 0.5) is 10.5 Å². The van der Waals surface area contributed by atoms with Crippen molar-refractivity contribution in [3.8, 4) is 11.5 Å². The van der Waals surface area contributed by atoms with Crippen LogP contribution in [0.3, 0.4) is 0 Å². The van der Waals surface area contributed by atoms with Gasteiger partial charge in [-0.25, -0.2) is 4.79 Å². The molecule has 2 aromatic carbocycles.